The highest BCUT2D eigenvalue weighted by atomic mass is 16.5. The van der Waals surface area contributed by atoms with E-state index in [1.54, 1.807) is 0 Å². The van der Waals surface area contributed by atoms with Crippen LogP contribution >= 0.6 is 0 Å². The first-order chi connectivity index (χ1) is 9.08. The highest BCUT2D eigenvalue weighted by molar-refractivity contribution is 5.79. The number of hydrogen-bond acceptors (Lipinski definition) is 4. The predicted molar refractivity (Wildman–Crippen MR) is 68.7 cm³/mol. The second-order valence-corrected chi connectivity index (χ2v) is 5.44. The van der Waals surface area contributed by atoms with Gasteiger partial charge in [-0.05, 0) is 31.8 Å². The molecular formula is C13H22N2O4. The molecule has 2 fully saturated rings. The smallest absolute Gasteiger partial charge is 0.329 e. The summed E-state index contributed by atoms with van der Waals surface area (Å²) in [5, 5.41) is 11.7. The number of aliphatic carboxylic acids is 1. The summed E-state index contributed by atoms with van der Waals surface area (Å²) in [5.41, 5.74) is 0. The number of hydrogen-bond donors (Lipinski definition) is 2. The molecule has 0 aromatic rings. The number of carboxylic acid groups (broad SMARTS) is 1. The standard InChI is InChI=1S/C13H22N2O4/c1-9(10-6-14-7-10)13(18)15-4-2-11(3-5-15)19-8-12(16)17/h9-11,14H,2-8H2,1H3,(H,16,17). The van der Waals surface area contributed by atoms with E-state index in [-0.39, 0.29) is 24.5 Å². The van der Waals surface area contributed by atoms with Crippen molar-refractivity contribution in [1.82, 2.24) is 10.2 Å². The van der Waals surface area contributed by atoms with Crippen molar-refractivity contribution in [1.29, 1.82) is 0 Å². The minimum Gasteiger partial charge on any atom is -0.480 e. The summed E-state index contributed by atoms with van der Waals surface area (Å²) in [6, 6.07) is 0. The van der Waals surface area contributed by atoms with E-state index in [2.05, 4.69) is 5.32 Å². The van der Waals surface area contributed by atoms with Crippen molar-refractivity contribution in [2.45, 2.75) is 25.9 Å². The van der Waals surface area contributed by atoms with Gasteiger partial charge in [-0.3, -0.25) is 4.79 Å². The van der Waals surface area contributed by atoms with Crippen LogP contribution in [-0.4, -0.2) is 60.8 Å². The van der Waals surface area contributed by atoms with E-state index in [4.69, 9.17) is 9.84 Å². The second kappa shape index (κ2) is 6.34. The summed E-state index contributed by atoms with van der Waals surface area (Å²) in [4.78, 5) is 24.6. The molecule has 108 valence electrons. The lowest BCUT2D eigenvalue weighted by Crippen LogP contribution is -2.52. The van der Waals surface area contributed by atoms with Gasteiger partial charge in [-0.25, -0.2) is 4.79 Å². The molecule has 0 saturated carbocycles. The van der Waals surface area contributed by atoms with E-state index >= 15 is 0 Å². The molecule has 2 aliphatic rings. The summed E-state index contributed by atoms with van der Waals surface area (Å²) in [6.45, 7) is 4.97. The molecule has 19 heavy (non-hydrogen) atoms. The van der Waals surface area contributed by atoms with Crippen LogP contribution < -0.4 is 5.32 Å². The number of nitrogens with zero attached hydrogens (tertiary/aromatic N) is 1. The van der Waals surface area contributed by atoms with E-state index in [9.17, 15) is 9.59 Å². The van der Waals surface area contributed by atoms with Gasteiger partial charge in [-0.2, -0.15) is 0 Å². The molecular weight excluding hydrogens is 248 g/mol. The quantitative estimate of drug-likeness (QED) is 0.731. The number of nitrogens with one attached hydrogen (secondary N) is 1. The van der Waals surface area contributed by atoms with E-state index < -0.39 is 5.97 Å². The lowest BCUT2D eigenvalue weighted by Gasteiger charge is -2.37. The van der Waals surface area contributed by atoms with Crippen molar-refractivity contribution < 1.29 is 19.4 Å². The molecule has 2 N–H and O–H groups in total. The van der Waals surface area contributed by atoms with Crippen molar-refractivity contribution in [3.05, 3.63) is 0 Å². The number of likely N-dealkylation sites (tertiary alicyclic amines) is 1. The fraction of sp³-hybridized carbons (Fsp3) is 0.846. The molecule has 1 unspecified atom stereocenters. The maximum Gasteiger partial charge on any atom is 0.329 e. The number of rotatable bonds is 5. The number of carbonyl (C=O) groups is 2. The Morgan fingerprint density at radius 2 is 2.00 bits per heavy atom. The van der Waals surface area contributed by atoms with E-state index in [1.807, 2.05) is 11.8 Å². The average Bonchev–Trinajstić information content (AvgIpc) is 2.34. The van der Waals surface area contributed by atoms with Crippen molar-refractivity contribution in [2.75, 3.05) is 32.8 Å². The van der Waals surface area contributed by atoms with Crippen LogP contribution in [0.3, 0.4) is 0 Å². The molecule has 0 radical (unpaired) electrons. The number of amides is 1. The molecule has 0 spiro atoms. The summed E-state index contributed by atoms with van der Waals surface area (Å²) < 4.78 is 5.27. The SMILES string of the molecule is CC(C(=O)N1CCC(OCC(=O)O)CC1)C1CNC1. The Morgan fingerprint density at radius 3 is 2.47 bits per heavy atom. The lowest BCUT2D eigenvalue weighted by atomic mass is 9.87. The van der Waals surface area contributed by atoms with Crippen LogP contribution in [0.2, 0.25) is 0 Å². The Hall–Kier alpha value is -1.14. The normalized spacial score (nSPS) is 22.9. The molecule has 2 rings (SSSR count). The van der Waals surface area contributed by atoms with Crippen molar-refractivity contribution >= 4 is 11.9 Å². The van der Waals surface area contributed by atoms with Crippen LogP contribution in [-0.2, 0) is 14.3 Å². The minimum atomic E-state index is -0.940. The van der Waals surface area contributed by atoms with E-state index in [0.717, 1.165) is 25.9 Å². The molecule has 1 amide bonds. The number of piperidine rings is 1. The molecule has 2 aliphatic heterocycles. The van der Waals surface area contributed by atoms with Crippen LogP contribution in [0, 0.1) is 11.8 Å². The predicted octanol–water partition coefficient (Wildman–Crippen LogP) is -0.0659. The number of carboxylic acids is 1. The highest BCUT2D eigenvalue weighted by Crippen LogP contribution is 2.21. The largest absolute Gasteiger partial charge is 0.480 e. The third kappa shape index (κ3) is 3.67. The summed E-state index contributed by atoms with van der Waals surface area (Å²) in [5.74, 6) is -0.168. The molecule has 2 saturated heterocycles. The summed E-state index contributed by atoms with van der Waals surface area (Å²) >= 11 is 0. The Kier molecular flexibility index (Phi) is 4.76. The summed E-state index contributed by atoms with van der Waals surface area (Å²) in [6.07, 6.45) is 1.43. The first-order valence-electron chi connectivity index (χ1n) is 6.91. The molecule has 6 heteroatoms. The van der Waals surface area contributed by atoms with Crippen LogP contribution in [0.1, 0.15) is 19.8 Å². The van der Waals surface area contributed by atoms with Gasteiger partial charge in [0.1, 0.15) is 6.61 Å². The van der Waals surface area contributed by atoms with E-state index in [0.29, 0.717) is 19.0 Å². The summed E-state index contributed by atoms with van der Waals surface area (Å²) in [7, 11) is 0. The molecule has 0 aromatic heterocycles. The average molecular weight is 270 g/mol. The Balaban J connectivity index is 1.72. The van der Waals surface area contributed by atoms with Gasteiger partial charge in [-0.1, -0.05) is 6.92 Å². The van der Waals surface area contributed by atoms with Gasteiger partial charge >= 0.3 is 5.97 Å². The maximum atomic E-state index is 12.3. The Labute approximate surface area is 113 Å². The highest BCUT2D eigenvalue weighted by Gasteiger charge is 2.33. The van der Waals surface area contributed by atoms with Gasteiger partial charge in [0.25, 0.3) is 0 Å². The molecule has 0 bridgehead atoms. The van der Waals surface area contributed by atoms with Gasteiger partial charge in [-0.15, -0.1) is 0 Å². The second-order valence-electron chi connectivity index (χ2n) is 5.44. The van der Waals surface area contributed by atoms with Crippen molar-refractivity contribution in [3.63, 3.8) is 0 Å². The minimum absolute atomic E-state index is 0.0270. The first kappa shape index (κ1) is 14.3. The third-order valence-corrected chi connectivity index (χ3v) is 4.11. The third-order valence-electron chi connectivity index (χ3n) is 4.11. The zero-order valence-corrected chi connectivity index (χ0v) is 11.3. The van der Waals surface area contributed by atoms with Gasteiger partial charge in [0, 0.05) is 19.0 Å². The maximum absolute atomic E-state index is 12.3. The number of carbonyl (C=O) groups excluding carboxylic acids is 1. The van der Waals surface area contributed by atoms with Crippen LogP contribution in [0.25, 0.3) is 0 Å². The monoisotopic (exact) mass is 270 g/mol. The topological polar surface area (TPSA) is 78.9 Å². The van der Waals surface area contributed by atoms with Gasteiger partial charge < -0.3 is 20.1 Å². The molecule has 6 nitrogen and oxygen atoms in total. The molecule has 2 heterocycles. The van der Waals surface area contributed by atoms with E-state index in [1.165, 1.54) is 0 Å². The fourth-order valence-electron chi connectivity index (χ4n) is 2.59. The Morgan fingerprint density at radius 1 is 1.37 bits per heavy atom. The molecule has 0 aromatic carbocycles. The van der Waals surface area contributed by atoms with Gasteiger partial charge in [0.15, 0.2) is 0 Å². The van der Waals surface area contributed by atoms with Crippen molar-refractivity contribution in [2.24, 2.45) is 11.8 Å². The number of ether oxygens (including phenoxy) is 1. The first-order valence-corrected chi connectivity index (χ1v) is 6.91. The van der Waals surface area contributed by atoms with Crippen molar-refractivity contribution in [3.8, 4) is 0 Å². The zero-order chi connectivity index (χ0) is 13.8. The molecule has 0 aliphatic carbocycles. The molecule has 1 atom stereocenters. The zero-order valence-electron chi connectivity index (χ0n) is 11.3. The lowest BCUT2D eigenvalue weighted by molar-refractivity contribution is -0.148. The van der Waals surface area contributed by atoms with Gasteiger partial charge in [0.2, 0.25) is 5.91 Å². The van der Waals surface area contributed by atoms with Crippen LogP contribution in [0.5, 0.6) is 0 Å². The van der Waals surface area contributed by atoms with Crippen LogP contribution in [0.4, 0.5) is 0 Å². The fourth-order valence-corrected chi connectivity index (χ4v) is 2.59. The van der Waals surface area contributed by atoms with Gasteiger partial charge in [0.05, 0.1) is 6.10 Å². The van der Waals surface area contributed by atoms with Crippen LogP contribution in [0.15, 0.2) is 0 Å². The Bertz CT molecular complexity index is 336.